The highest BCUT2D eigenvalue weighted by atomic mass is 16.5. The molecule has 6 heteroatoms. The van der Waals surface area contributed by atoms with Gasteiger partial charge in [-0.1, -0.05) is 38.1 Å². The maximum absolute atomic E-state index is 12.8. The fourth-order valence-electron chi connectivity index (χ4n) is 3.05. The minimum atomic E-state index is -0.226. The number of rotatable bonds is 10. The van der Waals surface area contributed by atoms with Crippen LogP contribution in [0.5, 0.6) is 17.2 Å². The Labute approximate surface area is 167 Å². The van der Waals surface area contributed by atoms with Gasteiger partial charge in [-0.15, -0.1) is 0 Å². The predicted octanol–water partition coefficient (Wildman–Crippen LogP) is 3.48. The highest BCUT2D eigenvalue weighted by molar-refractivity contribution is 5.97. The Balaban J connectivity index is 2.19. The summed E-state index contributed by atoms with van der Waals surface area (Å²) in [7, 11) is 4.61. The molecule has 152 valence electrons. The maximum atomic E-state index is 12.8. The van der Waals surface area contributed by atoms with Gasteiger partial charge in [-0.25, -0.2) is 0 Å². The molecule has 6 nitrogen and oxygen atoms in total. The van der Waals surface area contributed by atoms with E-state index in [0.717, 1.165) is 25.2 Å². The molecule has 0 unspecified atom stereocenters. The Morgan fingerprint density at radius 3 is 2.04 bits per heavy atom. The second-order valence-electron chi connectivity index (χ2n) is 6.32. The van der Waals surface area contributed by atoms with E-state index in [-0.39, 0.29) is 5.91 Å². The summed E-state index contributed by atoms with van der Waals surface area (Å²) in [4.78, 5) is 15.2. The first-order valence-corrected chi connectivity index (χ1v) is 9.45. The van der Waals surface area contributed by atoms with E-state index < -0.39 is 0 Å². The molecule has 0 fully saturated rings. The summed E-state index contributed by atoms with van der Waals surface area (Å²) in [6.07, 6.45) is 0. The van der Waals surface area contributed by atoms with Gasteiger partial charge in [-0.3, -0.25) is 9.69 Å². The lowest BCUT2D eigenvalue weighted by Gasteiger charge is -2.20. The van der Waals surface area contributed by atoms with Crippen LogP contribution in [-0.2, 0) is 13.1 Å². The molecule has 2 aromatic carbocycles. The van der Waals surface area contributed by atoms with Crippen molar-refractivity contribution in [1.82, 2.24) is 10.2 Å². The number of nitrogens with one attached hydrogen (secondary N) is 1. The summed E-state index contributed by atoms with van der Waals surface area (Å²) in [6, 6.07) is 11.5. The maximum Gasteiger partial charge on any atom is 0.255 e. The summed E-state index contributed by atoms with van der Waals surface area (Å²) in [5.41, 5.74) is 2.72. The van der Waals surface area contributed by atoms with Gasteiger partial charge in [0, 0.05) is 25.2 Å². The van der Waals surface area contributed by atoms with Crippen molar-refractivity contribution in [2.75, 3.05) is 34.4 Å². The van der Waals surface area contributed by atoms with E-state index in [9.17, 15) is 4.79 Å². The molecule has 2 aromatic rings. The van der Waals surface area contributed by atoms with Gasteiger partial charge in [0.25, 0.3) is 5.91 Å². The number of amides is 1. The Morgan fingerprint density at radius 2 is 1.46 bits per heavy atom. The average Bonchev–Trinajstić information content (AvgIpc) is 2.75. The fraction of sp³-hybridized carbons (Fsp3) is 0.409. The Kier molecular flexibility index (Phi) is 8.14. The fourth-order valence-corrected chi connectivity index (χ4v) is 3.05. The normalized spacial score (nSPS) is 10.6. The van der Waals surface area contributed by atoms with Crippen molar-refractivity contribution in [2.24, 2.45) is 0 Å². The van der Waals surface area contributed by atoms with Gasteiger partial charge in [-0.2, -0.15) is 0 Å². The van der Waals surface area contributed by atoms with E-state index in [4.69, 9.17) is 14.2 Å². The third-order valence-corrected chi connectivity index (χ3v) is 4.80. The first-order chi connectivity index (χ1) is 13.6. The van der Waals surface area contributed by atoms with Crippen LogP contribution in [0.2, 0.25) is 0 Å². The molecule has 0 aliphatic rings. The molecule has 1 N–H and O–H groups in total. The minimum absolute atomic E-state index is 0.226. The average molecular weight is 386 g/mol. The van der Waals surface area contributed by atoms with Crippen LogP contribution in [0, 0.1) is 0 Å². The molecule has 2 rings (SSSR count). The van der Waals surface area contributed by atoms with Crippen molar-refractivity contribution < 1.29 is 19.0 Å². The highest BCUT2D eigenvalue weighted by Gasteiger charge is 2.18. The summed E-state index contributed by atoms with van der Waals surface area (Å²) in [5, 5.41) is 2.99. The monoisotopic (exact) mass is 386 g/mol. The molecule has 0 spiro atoms. The molecular formula is C22H30N2O4. The number of ether oxygens (including phenoxy) is 3. The van der Waals surface area contributed by atoms with E-state index in [1.165, 1.54) is 19.8 Å². The van der Waals surface area contributed by atoms with E-state index >= 15 is 0 Å². The van der Waals surface area contributed by atoms with Gasteiger partial charge in [0.15, 0.2) is 11.5 Å². The van der Waals surface area contributed by atoms with Gasteiger partial charge in [0.2, 0.25) is 0 Å². The van der Waals surface area contributed by atoms with E-state index in [1.807, 2.05) is 18.2 Å². The molecule has 1 amide bonds. The van der Waals surface area contributed by atoms with Crippen LogP contribution in [0.25, 0.3) is 0 Å². The Bertz CT molecular complexity index is 788. The summed E-state index contributed by atoms with van der Waals surface area (Å²) in [5.74, 6) is 1.21. The topological polar surface area (TPSA) is 60.0 Å². The third-order valence-electron chi connectivity index (χ3n) is 4.80. The number of nitrogens with zero attached hydrogens (tertiary/aromatic N) is 1. The predicted molar refractivity (Wildman–Crippen MR) is 110 cm³/mol. The van der Waals surface area contributed by atoms with Gasteiger partial charge in [-0.05, 0) is 24.2 Å². The van der Waals surface area contributed by atoms with Crippen LogP contribution >= 0.6 is 0 Å². The second kappa shape index (κ2) is 10.6. The SMILES string of the molecule is CCN(CC)Cc1ccccc1CNC(=O)c1cc(OC)c(OC)cc1OC. The van der Waals surface area contributed by atoms with Crippen molar-refractivity contribution in [2.45, 2.75) is 26.9 Å². The molecule has 0 aliphatic carbocycles. The number of carbonyl (C=O) groups is 1. The first kappa shape index (κ1) is 21.6. The lowest BCUT2D eigenvalue weighted by molar-refractivity contribution is 0.0947. The number of hydrogen-bond donors (Lipinski definition) is 1. The van der Waals surface area contributed by atoms with Crippen molar-refractivity contribution in [3.63, 3.8) is 0 Å². The quantitative estimate of drug-likeness (QED) is 0.677. The molecule has 0 heterocycles. The molecular weight excluding hydrogens is 356 g/mol. The molecule has 0 saturated carbocycles. The van der Waals surface area contributed by atoms with Crippen LogP contribution in [0.1, 0.15) is 35.3 Å². The van der Waals surface area contributed by atoms with Crippen molar-refractivity contribution >= 4 is 5.91 Å². The Hall–Kier alpha value is -2.73. The molecule has 0 bridgehead atoms. The Morgan fingerprint density at radius 1 is 0.893 bits per heavy atom. The number of benzene rings is 2. The van der Waals surface area contributed by atoms with Crippen LogP contribution in [0.15, 0.2) is 36.4 Å². The van der Waals surface area contributed by atoms with E-state index in [1.54, 1.807) is 19.2 Å². The van der Waals surface area contributed by atoms with Gasteiger partial charge >= 0.3 is 0 Å². The lowest BCUT2D eigenvalue weighted by atomic mass is 10.1. The van der Waals surface area contributed by atoms with Crippen molar-refractivity contribution in [3.8, 4) is 17.2 Å². The number of carbonyl (C=O) groups excluding carboxylic acids is 1. The van der Waals surface area contributed by atoms with Crippen LogP contribution in [0.3, 0.4) is 0 Å². The summed E-state index contributed by atoms with van der Waals surface area (Å²) < 4.78 is 15.9. The second-order valence-corrected chi connectivity index (χ2v) is 6.32. The summed E-state index contributed by atoms with van der Waals surface area (Å²) >= 11 is 0. The lowest BCUT2D eigenvalue weighted by Crippen LogP contribution is -2.26. The smallest absolute Gasteiger partial charge is 0.255 e. The molecule has 28 heavy (non-hydrogen) atoms. The number of methoxy groups -OCH3 is 3. The van der Waals surface area contributed by atoms with E-state index in [2.05, 4.69) is 30.1 Å². The molecule has 0 radical (unpaired) electrons. The first-order valence-electron chi connectivity index (χ1n) is 9.45. The van der Waals surface area contributed by atoms with Gasteiger partial charge in [0.05, 0.1) is 26.9 Å². The zero-order chi connectivity index (χ0) is 20.5. The largest absolute Gasteiger partial charge is 0.496 e. The number of hydrogen-bond acceptors (Lipinski definition) is 5. The van der Waals surface area contributed by atoms with Crippen molar-refractivity contribution in [1.29, 1.82) is 0 Å². The van der Waals surface area contributed by atoms with Gasteiger partial charge < -0.3 is 19.5 Å². The minimum Gasteiger partial charge on any atom is -0.496 e. The van der Waals surface area contributed by atoms with Crippen molar-refractivity contribution in [3.05, 3.63) is 53.1 Å². The zero-order valence-corrected chi connectivity index (χ0v) is 17.4. The molecule has 0 aliphatic heterocycles. The van der Waals surface area contributed by atoms with Gasteiger partial charge in [0.1, 0.15) is 5.75 Å². The van der Waals surface area contributed by atoms with Crippen LogP contribution in [0.4, 0.5) is 0 Å². The highest BCUT2D eigenvalue weighted by Crippen LogP contribution is 2.34. The van der Waals surface area contributed by atoms with Crippen LogP contribution < -0.4 is 19.5 Å². The third kappa shape index (κ3) is 5.16. The molecule has 0 saturated heterocycles. The zero-order valence-electron chi connectivity index (χ0n) is 17.4. The van der Waals surface area contributed by atoms with E-state index in [0.29, 0.717) is 29.4 Å². The standard InChI is InChI=1S/C22H30N2O4/c1-6-24(7-2)15-17-11-9-8-10-16(17)14-23-22(25)18-12-20(27-4)21(28-5)13-19(18)26-3/h8-13H,6-7,14-15H2,1-5H3,(H,23,25). The van der Waals surface area contributed by atoms with Crippen LogP contribution in [-0.4, -0.2) is 45.2 Å². The molecule has 0 aromatic heterocycles. The summed E-state index contributed by atoms with van der Waals surface area (Å²) in [6.45, 7) is 7.57. The molecule has 0 atom stereocenters.